The zero-order valence-corrected chi connectivity index (χ0v) is 14.5. The fourth-order valence-corrected chi connectivity index (χ4v) is 3.43. The van der Waals surface area contributed by atoms with E-state index in [0.717, 1.165) is 15.8 Å². The average molecular weight is 357 g/mol. The fraction of sp³-hybridized carbons (Fsp3) is 0.222. The van der Waals surface area contributed by atoms with Gasteiger partial charge in [0.05, 0.1) is 18.5 Å². The molecule has 2 heterocycles. The van der Waals surface area contributed by atoms with Crippen LogP contribution in [0.2, 0.25) is 0 Å². The van der Waals surface area contributed by atoms with Crippen molar-refractivity contribution in [1.82, 2.24) is 10.6 Å². The summed E-state index contributed by atoms with van der Waals surface area (Å²) < 4.78 is 5.77. The summed E-state index contributed by atoms with van der Waals surface area (Å²) in [5.41, 5.74) is 6.00. The Bertz CT molecular complexity index is 840. The smallest absolute Gasteiger partial charge is 0.312 e. The molecular weight excluding hydrogens is 338 g/mol. The molecule has 2 aromatic heterocycles. The van der Waals surface area contributed by atoms with Crippen LogP contribution in [0.4, 0.5) is 4.79 Å². The first-order valence-electron chi connectivity index (χ1n) is 7.90. The average Bonchev–Trinajstić information content (AvgIpc) is 3.23. The van der Waals surface area contributed by atoms with E-state index in [1.165, 1.54) is 11.3 Å². The van der Waals surface area contributed by atoms with Gasteiger partial charge in [-0.25, -0.2) is 4.79 Å². The Morgan fingerprint density at radius 3 is 2.68 bits per heavy atom. The Hall–Kier alpha value is -2.80. The molecule has 0 aliphatic heterocycles. The third kappa shape index (κ3) is 4.19. The number of hydrogen-bond acceptors (Lipinski definition) is 4. The molecular formula is C18H19N3O3S. The minimum absolute atomic E-state index is 0.105. The third-order valence-electron chi connectivity index (χ3n) is 3.84. The second-order valence-electron chi connectivity index (χ2n) is 5.76. The maximum Gasteiger partial charge on any atom is 0.312 e. The minimum atomic E-state index is -0.656. The number of fused-ring (bicyclic) bond motifs is 1. The summed E-state index contributed by atoms with van der Waals surface area (Å²) in [4.78, 5) is 24.5. The molecule has 4 N–H and O–H groups in total. The Labute approximate surface area is 149 Å². The molecule has 0 saturated heterocycles. The predicted molar refractivity (Wildman–Crippen MR) is 97.2 cm³/mol. The van der Waals surface area contributed by atoms with Crippen LogP contribution in [-0.2, 0) is 4.79 Å². The van der Waals surface area contributed by atoms with Gasteiger partial charge < -0.3 is 20.8 Å². The number of hydrogen-bond donors (Lipinski definition) is 3. The van der Waals surface area contributed by atoms with Crippen molar-refractivity contribution >= 4 is 34.2 Å². The number of benzene rings is 1. The molecule has 0 radical (unpaired) electrons. The van der Waals surface area contributed by atoms with E-state index < -0.39 is 12.1 Å². The monoisotopic (exact) mass is 357 g/mol. The molecule has 0 fully saturated rings. The first-order valence-corrected chi connectivity index (χ1v) is 8.78. The number of carbonyl (C=O) groups is 2. The molecule has 3 amide bonds. The molecule has 1 aromatic carbocycles. The molecule has 130 valence electrons. The summed E-state index contributed by atoms with van der Waals surface area (Å²) in [5.74, 6) is 0.491. The van der Waals surface area contributed by atoms with E-state index in [2.05, 4.69) is 10.6 Å². The highest BCUT2D eigenvalue weighted by molar-refractivity contribution is 7.10. The molecule has 2 atom stereocenters. The number of thiophene rings is 1. The number of primary amides is 1. The number of para-hydroxylation sites is 1. The van der Waals surface area contributed by atoms with Gasteiger partial charge in [-0.05, 0) is 30.5 Å². The SMILES string of the molecule is CC(NC(=O)CC(NC(N)=O)c1cccs1)c1cc2ccccc2o1. The number of nitrogens with one attached hydrogen (secondary N) is 2. The second-order valence-corrected chi connectivity index (χ2v) is 6.74. The summed E-state index contributed by atoms with van der Waals surface area (Å²) >= 11 is 1.46. The fourth-order valence-electron chi connectivity index (χ4n) is 2.66. The number of rotatable bonds is 6. The van der Waals surface area contributed by atoms with Crippen LogP contribution in [0.5, 0.6) is 0 Å². The van der Waals surface area contributed by atoms with E-state index in [1.807, 2.05) is 54.8 Å². The zero-order valence-electron chi connectivity index (χ0n) is 13.7. The number of urea groups is 1. The van der Waals surface area contributed by atoms with Crippen molar-refractivity contribution < 1.29 is 14.0 Å². The van der Waals surface area contributed by atoms with Crippen molar-refractivity contribution in [3.05, 3.63) is 58.5 Å². The van der Waals surface area contributed by atoms with E-state index >= 15 is 0 Å². The molecule has 0 bridgehead atoms. The molecule has 0 saturated carbocycles. The summed E-state index contributed by atoms with van der Waals surface area (Å²) in [6, 6.07) is 11.9. The topological polar surface area (TPSA) is 97.4 Å². The summed E-state index contributed by atoms with van der Waals surface area (Å²) in [5, 5.41) is 8.40. The maximum absolute atomic E-state index is 12.4. The Balaban J connectivity index is 1.66. The van der Waals surface area contributed by atoms with Crippen molar-refractivity contribution in [3.63, 3.8) is 0 Å². The maximum atomic E-state index is 12.4. The molecule has 3 aromatic rings. The second kappa shape index (κ2) is 7.40. The lowest BCUT2D eigenvalue weighted by molar-refractivity contribution is -0.122. The Morgan fingerprint density at radius 2 is 2.00 bits per heavy atom. The highest BCUT2D eigenvalue weighted by Crippen LogP contribution is 2.25. The van der Waals surface area contributed by atoms with Gasteiger partial charge >= 0.3 is 6.03 Å². The van der Waals surface area contributed by atoms with Crippen LogP contribution >= 0.6 is 11.3 Å². The van der Waals surface area contributed by atoms with Crippen molar-refractivity contribution in [3.8, 4) is 0 Å². The number of furan rings is 1. The molecule has 6 nitrogen and oxygen atoms in total. The van der Waals surface area contributed by atoms with E-state index in [4.69, 9.17) is 10.2 Å². The summed E-state index contributed by atoms with van der Waals surface area (Å²) in [6.45, 7) is 1.86. The van der Waals surface area contributed by atoms with Crippen molar-refractivity contribution in [2.24, 2.45) is 5.73 Å². The van der Waals surface area contributed by atoms with E-state index in [0.29, 0.717) is 5.76 Å². The number of carbonyl (C=O) groups excluding carboxylic acids is 2. The highest BCUT2D eigenvalue weighted by atomic mass is 32.1. The van der Waals surface area contributed by atoms with Gasteiger partial charge in [0.2, 0.25) is 5.91 Å². The first kappa shape index (κ1) is 17.0. The predicted octanol–water partition coefficient (Wildman–Crippen LogP) is 3.47. The Morgan fingerprint density at radius 1 is 1.20 bits per heavy atom. The van der Waals surface area contributed by atoms with Gasteiger partial charge in [-0.2, -0.15) is 0 Å². The summed E-state index contributed by atoms with van der Waals surface area (Å²) in [7, 11) is 0. The van der Waals surface area contributed by atoms with Gasteiger partial charge in [0.1, 0.15) is 11.3 Å². The minimum Gasteiger partial charge on any atom is -0.459 e. The van der Waals surface area contributed by atoms with Crippen LogP contribution in [0.1, 0.15) is 36.1 Å². The molecule has 0 spiro atoms. The van der Waals surface area contributed by atoms with E-state index in [1.54, 1.807) is 0 Å². The van der Waals surface area contributed by atoms with E-state index in [9.17, 15) is 9.59 Å². The van der Waals surface area contributed by atoms with Crippen LogP contribution in [0.15, 0.2) is 52.3 Å². The van der Waals surface area contributed by atoms with Crippen molar-refractivity contribution in [2.75, 3.05) is 0 Å². The normalized spacial score (nSPS) is 13.3. The molecule has 3 rings (SSSR count). The molecule has 2 unspecified atom stereocenters. The molecule has 0 aliphatic carbocycles. The van der Waals surface area contributed by atoms with Gasteiger partial charge in [0.15, 0.2) is 0 Å². The van der Waals surface area contributed by atoms with Gasteiger partial charge in [-0.3, -0.25) is 4.79 Å². The van der Waals surface area contributed by atoms with Crippen LogP contribution in [0, 0.1) is 0 Å². The largest absolute Gasteiger partial charge is 0.459 e. The number of amides is 3. The zero-order chi connectivity index (χ0) is 17.8. The van der Waals surface area contributed by atoms with Crippen LogP contribution < -0.4 is 16.4 Å². The number of nitrogens with two attached hydrogens (primary N) is 1. The quantitative estimate of drug-likeness (QED) is 0.630. The van der Waals surface area contributed by atoms with Crippen LogP contribution in [0.3, 0.4) is 0 Å². The van der Waals surface area contributed by atoms with Gasteiger partial charge in [-0.15, -0.1) is 11.3 Å². The van der Waals surface area contributed by atoms with Crippen molar-refractivity contribution in [1.29, 1.82) is 0 Å². The summed E-state index contributed by atoms with van der Waals surface area (Å²) in [6.07, 6.45) is 0.105. The van der Waals surface area contributed by atoms with Gasteiger partial charge in [0.25, 0.3) is 0 Å². The lowest BCUT2D eigenvalue weighted by Gasteiger charge is -2.17. The molecule has 0 aliphatic rings. The van der Waals surface area contributed by atoms with Crippen molar-refractivity contribution in [2.45, 2.75) is 25.4 Å². The van der Waals surface area contributed by atoms with Crippen LogP contribution in [0.25, 0.3) is 11.0 Å². The lowest BCUT2D eigenvalue weighted by atomic mass is 10.1. The first-order chi connectivity index (χ1) is 12.0. The standard InChI is InChI=1S/C18H19N3O3S/c1-11(15-9-12-5-2-3-6-14(12)24-15)20-17(22)10-13(21-18(19)23)16-7-4-8-25-16/h2-9,11,13H,10H2,1H3,(H,20,22)(H3,19,21,23). The van der Waals surface area contributed by atoms with E-state index in [-0.39, 0.29) is 18.4 Å². The highest BCUT2D eigenvalue weighted by Gasteiger charge is 2.21. The van der Waals surface area contributed by atoms with Crippen LogP contribution in [-0.4, -0.2) is 11.9 Å². The molecule has 25 heavy (non-hydrogen) atoms. The lowest BCUT2D eigenvalue weighted by Crippen LogP contribution is -2.36. The molecule has 7 heteroatoms. The van der Waals surface area contributed by atoms with Gasteiger partial charge in [0, 0.05) is 10.3 Å². The Kier molecular flexibility index (Phi) is 5.04. The third-order valence-corrected chi connectivity index (χ3v) is 4.83. The van der Waals surface area contributed by atoms with Gasteiger partial charge in [-0.1, -0.05) is 24.3 Å².